The predicted octanol–water partition coefficient (Wildman–Crippen LogP) is 7.82. The van der Waals surface area contributed by atoms with Crippen LogP contribution in [-0.2, 0) is 12.4 Å². The van der Waals surface area contributed by atoms with E-state index in [4.69, 9.17) is 5.11 Å². The van der Waals surface area contributed by atoms with Crippen LogP contribution in [0.3, 0.4) is 0 Å². The molecule has 0 saturated carbocycles. The molecule has 2 aliphatic rings. The predicted molar refractivity (Wildman–Crippen MR) is 122 cm³/mol. The first-order valence-corrected chi connectivity index (χ1v) is 10.6. The minimum absolute atomic E-state index is 0.151. The maximum atomic E-state index is 12.9. The third kappa shape index (κ3) is 3.76. The Morgan fingerprint density at radius 2 is 1.03 bits per heavy atom. The Morgan fingerprint density at radius 3 is 1.51 bits per heavy atom. The molecule has 0 bridgehead atoms. The molecule has 2 aliphatic carbocycles. The monoisotopic (exact) mass is 516 g/mol. The molecule has 0 fully saturated rings. The Kier molecular flexibility index (Phi) is 5.25. The molecular formula is C27H14F6O4. The molecule has 6 rings (SSSR count). The third-order valence-electron chi connectivity index (χ3n) is 6.25. The Morgan fingerprint density at radius 1 is 0.595 bits per heavy atom. The molecule has 0 amide bonds. The fraction of sp³-hybridized carbons (Fsp3) is 0.0741. The van der Waals surface area contributed by atoms with Crippen LogP contribution in [0.4, 0.5) is 26.3 Å². The number of halogens is 6. The van der Waals surface area contributed by atoms with Crippen LogP contribution in [0.5, 0.6) is 11.5 Å². The molecule has 37 heavy (non-hydrogen) atoms. The summed E-state index contributed by atoms with van der Waals surface area (Å²) in [6.07, 6.45) is -9.34. The zero-order valence-corrected chi connectivity index (χ0v) is 18.4. The minimum atomic E-state index is -4.81. The molecule has 0 aromatic heterocycles. The molecule has 3 N–H and O–H groups in total. The number of hydrogen-bond donors (Lipinski definition) is 3. The molecule has 0 spiro atoms. The maximum Gasteiger partial charge on any atom is 0.420 e. The van der Waals surface area contributed by atoms with Gasteiger partial charge in [0.05, 0.1) is 11.1 Å². The van der Waals surface area contributed by atoms with E-state index in [1.807, 2.05) is 12.1 Å². The van der Waals surface area contributed by atoms with Gasteiger partial charge in [0.15, 0.2) is 0 Å². The van der Waals surface area contributed by atoms with Gasteiger partial charge in [0.2, 0.25) is 0 Å². The van der Waals surface area contributed by atoms with Crippen LogP contribution in [0.25, 0.3) is 44.5 Å². The summed E-state index contributed by atoms with van der Waals surface area (Å²) in [6.45, 7) is 0. The van der Waals surface area contributed by atoms with Crippen LogP contribution >= 0.6 is 0 Å². The average molecular weight is 516 g/mol. The van der Waals surface area contributed by atoms with E-state index in [2.05, 4.69) is 0 Å². The number of aromatic carboxylic acids is 1. The van der Waals surface area contributed by atoms with E-state index < -0.39 is 46.5 Å². The van der Waals surface area contributed by atoms with Gasteiger partial charge in [-0.3, -0.25) is 0 Å². The lowest BCUT2D eigenvalue weighted by Gasteiger charge is -2.27. The maximum absolute atomic E-state index is 12.9. The van der Waals surface area contributed by atoms with Crippen LogP contribution in [-0.4, -0.2) is 21.3 Å². The van der Waals surface area contributed by atoms with E-state index in [1.54, 1.807) is 36.4 Å². The highest BCUT2D eigenvalue weighted by molar-refractivity contribution is 6.13. The first kappa shape index (κ1) is 24.2. The van der Waals surface area contributed by atoms with Crippen molar-refractivity contribution in [2.45, 2.75) is 12.4 Å². The molecule has 0 aliphatic heterocycles. The summed E-state index contributed by atoms with van der Waals surface area (Å²) in [5.41, 5.74) is 1.32. The van der Waals surface area contributed by atoms with Crippen molar-refractivity contribution in [1.82, 2.24) is 0 Å². The summed E-state index contributed by atoms with van der Waals surface area (Å²) in [5.74, 6) is -3.54. The minimum Gasteiger partial charge on any atom is -0.507 e. The number of hydrogen-bond acceptors (Lipinski definition) is 3. The van der Waals surface area contributed by atoms with Gasteiger partial charge < -0.3 is 15.3 Å². The summed E-state index contributed by atoms with van der Waals surface area (Å²) in [5, 5.41) is 28.1. The van der Waals surface area contributed by atoms with Crippen LogP contribution in [0.2, 0.25) is 0 Å². The SMILES string of the molecule is O=C(O)c1c(O)c(C(F)(F)F)cc2c1-c1ccccc1-2.Oc1cc2c(cc1C(F)(F)F)-c1ccccc1-2. The average Bonchev–Trinajstić information content (AvgIpc) is 2.80. The Balaban J connectivity index is 0.000000153. The highest BCUT2D eigenvalue weighted by atomic mass is 19.4. The van der Waals surface area contributed by atoms with Crippen molar-refractivity contribution in [3.63, 3.8) is 0 Å². The fourth-order valence-corrected chi connectivity index (χ4v) is 4.61. The molecule has 188 valence electrons. The Bertz CT molecular complexity index is 1600. The molecule has 0 heterocycles. The smallest absolute Gasteiger partial charge is 0.420 e. The van der Waals surface area contributed by atoms with Gasteiger partial charge in [0, 0.05) is 5.56 Å². The summed E-state index contributed by atoms with van der Waals surface area (Å²) < 4.78 is 76.4. The van der Waals surface area contributed by atoms with Crippen LogP contribution in [0, 0.1) is 0 Å². The molecule has 4 nitrogen and oxygen atoms in total. The molecule has 0 saturated heterocycles. The van der Waals surface area contributed by atoms with E-state index in [0.29, 0.717) is 22.3 Å². The van der Waals surface area contributed by atoms with Crippen molar-refractivity contribution in [3.8, 4) is 56.0 Å². The molecule has 0 unspecified atom stereocenters. The van der Waals surface area contributed by atoms with Gasteiger partial charge >= 0.3 is 18.3 Å². The van der Waals surface area contributed by atoms with Gasteiger partial charge in [-0.05, 0) is 57.1 Å². The molecule has 0 atom stereocenters. The van der Waals surface area contributed by atoms with Crippen LogP contribution < -0.4 is 0 Å². The molecular weight excluding hydrogens is 502 g/mol. The lowest BCUT2D eigenvalue weighted by Crippen LogP contribution is -2.14. The highest BCUT2D eigenvalue weighted by Gasteiger charge is 2.41. The van der Waals surface area contributed by atoms with Gasteiger partial charge in [-0.1, -0.05) is 48.5 Å². The topological polar surface area (TPSA) is 77.8 Å². The fourth-order valence-electron chi connectivity index (χ4n) is 4.61. The van der Waals surface area contributed by atoms with Gasteiger partial charge in [0.25, 0.3) is 0 Å². The zero-order valence-electron chi connectivity index (χ0n) is 18.4. The number of benzene rings is 4. The van der Waals surface area contributed by atoms with Crippen molar-refractivity contribution in [3.05, 3.63) is 83.4 Å². The van der Waals surface area contributed by atoms with E-state index in [0.717, 1.165) is 23.3 Å². The Hall–Kier alpha value is -4.47. The number of rotatable bonds is 1. The number of carbonyl (C=O) groups is 1. The van der Waals surface area contributed by atoms with Gasteiger partial charge in [-0.2, -0.15) is 26.3 Å². The van der Waals surface area contributed by atoms with Crippen molar-refractivity contribution in [2.24, 2.45) is 0 Å². The first-order chi connectivity index (χ1) is 17.3. The van der Waals surface area contributed by atoms with E-state index >= 15 is 0 Å². The summed E-state index contributed by atoms with van der Waals surface area (Å²) in [6, 6.07) is 16.7. The number of alkyl halides is 6. The lowest BCUT2D eigenvalue weighted by molar-refractivity contribution is -0.139. The summed E-state index contributed by atoms with van der Waals surface area (Å²) >= 11 is 0. The summed E-state index contributed by atoms with van der Waals surface area (Å²) in [4.78, 5) is 11.2. The van der Waals surface area contributed by atoms with Gasteiger partial charge in [0.1, 0.15) is 17.1 Å². The number of aromatic hydroxyl groups is 2. The zero-order chi connectivity index (χ0) is 26.9. The quantitative estimate of drug-likeness (QED) is 0.195. The third-order valence-corrected chi connectivity index (χ3v) is 6.25. The second-order valence-electron chi connectivity index (χ2n) is 8.38. The standard InChI is InChI=1S/C14H7F3O3.C13H7F3O/c15-14(16,17)9-5-8-6-3-1-2-4-7(6)10(8)11(12(9)18)13(19)20;14-13(15,16)11-5-9-7-3-1-2-4-8(7)10(9)6-12(11)17/h1-5,18H,(H,19,20);1-6,17H. The van der Waals surface area contributed by atoms with Crippen molar-refractivity contribution in [1.29, 1.82) is 0 Å². The number of carboxylic acids is 1. The van der Waals surface area contributed by atoms with Crippen molar-refractivity contribution in [2.75, 3.05) is 0 Å². The second kappa shape index (κ2) is 8.02. The van der Waals surface area contributed by atoms with Crippen molar-refractivity contribution >= 4 is 5.97 Å². The largest absolute Gasteiger partial charge is 0.507 e. The van der Waals surface area contributed by atoms with Crippen LogP contribution in [0.1, 0.15) is 21.5 Å². The normalized spacial score (nSPS) is 12.5. The first-order valence-electron chi connectivity index (χ1n) is 10.6. The second-order valence-corrected chi connectivity index (χ2v) is 8.38. The summed E-state index contributed by atoms with van der Waals surface area (Å²) in [7, 11) is 0. The van der Waals surface area contributed by atoms with Crippen LogP contribution in [0.15, 0.2) is 66.7 Å². The van der Waals surface area contributed by atoms with E-state index in [1.165, 1.54) is 6.07 Å². The molecule has 4 aromatic rings. The number of fused-ring (bicyclic) bond motifs is 8. The van der Waals surface area contributed by atoms with Gasteiger partial charge in [-0.25, -0.2) is 4.79 Å². The number of phenols is 2. The van der Waals surface area contributed by atoms with Crippen molar-refractivity contribution < 1.29 is 46.5 Å². The number of carboxylic acid groups (broad SMARTS) is 1. The Labute approximate surface area is 204 Å². The lowest BCUT2D eigenvalue weighted by atomic mass is 9.76. The number of phenolic OH excluding ortho intramolecular Hbond substituents is 1. The molecule has 4 aromatic carbocycles. The van der Waals surface area contributed by atoms with E-state index in [-0.39, 0.29) is 11.1 Å². The molecule has 10 heteroatoms. The highest BCUT2D eigenvalue weighted by Crippen LogP contribution is 2.54. The van der Waals surface area contributed by atoms with E-state index in [9.17, 15) is 41.4 Å². The van der Waals surface area contributed by atoms with Gasteiger partial charge in [-0.15, -0.1) is 0 Å². The molecule has 0 radical (unpaired) electrons.